The lowest BCUT2D eigenvalue weighted by molar-refractivity contribution is -0.161. The first-order chi connectivity index (χ1) is 40.6. The molecule has 3 unspecified atom stereocenters. The van der Waals surface area contributed by atoms with Gasteiger partial charge < -0.3 is 33.8 Å². The second-order valence-corrected chi connectivity index (χ2v) is 28.4. The summed E-state index contributed by atoms with van der Waals surface area (Å²) in [6, 6.07) is 0. The van der Waals surface area contributed by atoms with Crippen molar-refractivity contribution in [3.05, 3.63) is 0 Å². The molecule has 0 saturated heterocycles. The van der Waals surface area contributed by atoms with Crippen molar-refractivity contribution in [3.63, 3.8) is 0 Å². The van der Waals surface area contributed by atoms with Crippen molar-refractivity contribution in [3.8, 4) is 0 Å². The summed E-state index contributed by atoms with van der Waals surface area (Å²) in [5, 5.41) is 10.5. The summed E-state index contributed by atoms with van der Waals surface area (Å²) in [5.74, 6) is 0.745. The molecule has 0 rings (SSSR count). The highest BCUT2D eigenvalue weighted by atomic mass is 31.2. The number of carbonyl (C=O) groups excluding carboxylic acids is 4. The molecule has 0 fully saturated rings. The maximum Gasteiger partial charge on any atom is 0.472 e. The van der Waals surface area contributed by atoms with Gasteiger partial charge in [0.15, 0.2) is 12.2 Å². The highest BCUT2D eigenvalue weighted by molar-refractivity contribution is 7.47. The Morgan fingerprint density at radius 2 is 0.565 bits per heavy atom. The number of hydrogen-bond donors (Lipinski definition) is 3. The van der Waals surface area contributed by atoms with E-state index in [1.165, 1.54) is 116 Å². The first-order valence-corrected chi connectivity index (χ1v) is 37.2. The van der Waals surface area contributed by atoms with Crippen molar-refractivity contribution in [1.82, 2.24) is 0 Å². The van der Waals surface area contributed by atoms with Crippen LogP contribution in [0.1, 0.15) is 319 Å². The van der Waals surface area contributed by atoms with E-state index >= 15 is 0 Å². The lowest BCUT2D eigenvalue weighted by Crippen LogP contribution is -2.30. The number of rotatable bonds is 63. The summed E-state index contributed by atoms with van der Waals surface area (Å²) in [6.07, 6.45) is 36.5. The summed E-state index contributed by atoms with van der Waals surface area (Å²) in [7, 11) is -9.89. The molecule has 0 spiro atoms. The molecule has 0 aromatic carbocycles. The summed E-state index contributed by atoms with van der Waals surface area (Å²) >= 11 is 0. The number of carbonyl (C=O) groups is 4. The van der Waals surface area contributed by atoms with Crippen LogP contribution in [-0.2, 0) is 65.4 Å². The summed E-state index contributed by atoms with van der Waals surface area (Å²) in [6.45, 7) is 13.9. The number of esters is 4. The fourth-order valence-corrected chi connectivity index (χ4v) is 11.3. The third-order valence-corrected chi connectivity index (χ3v) is 17.3. The molecule has 0 aromatic heterocycles. The number of hydrogen-bond acceptors (Lipinski definition) is 15. The van der Waals surface area contributed by atoms with E-state index in [9.17, 15) is 43.2 Å². The molecule has 3 N–H and O–H groups in total. The predicted molar refractivity (Wildman–Crippen MR) is 340 cm³/mol. The van der Waals surface area contributed by atoms with Crippen LogP contribution in [0.2, 0.25) is 0 Å². The van der Waals surface area contributed by atoms with Crippen molar-refractivity contribution in [2.75, 3.05) is 39.6 Å². The first-order valence-electron chi connectivity index (χ1n) is 34.2. The molecule has 0 aliphatic carbocycles. The topological polar surface area (TPSA) is 237 Å². The zero-order valence-electron chi connectivity index (χ0n) is 55.2. The number of ether oxygens (including phenoxy) is 4. The number of unbranched alkanes of at least 4 members (excludes halogenated alkanes) is 28. The Kier molecular flexibility index (Phi) is 54.8. The maximum atomic E-state index is 13.0. The average Bonchev–Trinajstić information content (AvgIpc) is 3.55. The molecular weight excluding hydrogens is 1130 g/mol. The second-order valence-electron chi connectivity index (χ2n) is 25.5. The quantitative estimate of drug-likeness (QED) is 0.0222. The molecule has 0 bridgehead atoms. The molecule has 6 atom stereocenters. The Balaban J connectivity index is 5.21. The van der Waals surface area contributed by atoms with Crippen molar-refractivity contribution < 1.29 is 80.2 Å². The molecule has 0 heterocycles. The molecule has 504 valence electrons. The maximum absolute atomic E-state index is 13.0. The zero-order valence-corrected chi connectivity index (χ0v) is 57.0. The van der Waals surface area contributed by atoms with Gasteiger partial charge in [0.2, 0.25) is 0 Å². The van der Waals surface area contributed by atoms with Crippen molar-refractivity contribution >= 4 is 39.5 Å². The summed E-state index contributed by atoms with van der Waals surface area (Å²) in [5.41, 5.74) is 0. The zero-order chi connectivity index (χ0) is 63.2. The Morgan fingerprint density at radius 3 is 0.835 bits per heavy atom. The van der Waals surface area contributed by atoms with Gasteiger partial charge in [-0.05, 0) is 49.4 Å². The Morgan fingerprint density at radius 1 is 0.329 bits per heavy atom. The van der Waals surface area contributed by atoms with Crippen LogP contribution in [0.4, 0.5) is 0 Å². The van der Waals surface area contributed by atoms with E-state index in [0.717, 1.165) is 108 Å². The van der Waals surface area contributed by atoms with Gasteiger partial charge in [0, 0.05) is 25.7 Å². The van der Waals surface area contributed by atoms with Crippen molar-refractivity contribution in [1.29, 1.82) is 0 Å². The fourth-order valence-electron chi connectivity index (χ4n) is 9.75. The predicted octanol–water partition coefficient (Wildman–Crippen LogP) is 18.1. The monoisotopic (exact) mass is 1250 g/mol. The lowest BCUT2D eigenvalue weighted by Gasteiger charge is -2.21. The third-order valence-electron chi connectivity index (χ3n) is 15.4. The van der Waals surface area contributed by atoms with Gasteiger partial charge in [0.05, 0.1) is 26.4 Å². The summed E-state index contributed by atoms with van der Waals surface area (Å²) in [4.78, 5) is 72.2. The van der Waals surface area contributed by atoms with E-state index in [-0.39, 0.29) is 25.7 Å². The normalized spacial score (nSPS) is 14.7. The number of phosphoric acid groups is 2. The van der Waals surface area contributed by atoms with Crippen LogP contribution in [0.25, 0.3) is 0 Å². The minimum atomic E-state index is -4.95. The molecular formula is C66H128O17P2. The van der Waals surface area contributed by atoms with Crippen molar-refractivity contribution in [2.24, 2.45) is 23.7 Å². The smallest absolute Gasteiger partial charge is 0.462 e. The largest absolute Gasteiger partial charge is 0.472 e. The molecule has 0 amide bonds. The van der Waals surface area contributed by atoms with Crippen LogP contribution in [-0.4, -0.2) is 96.7 Å². The van der Waals surface area contributed by atoms with Gasteiger partial charge in [0.25, 0.3) is 0 Å². The van der Waals surface area contributed by atoms with E-state index in [1.807, 2.05) is 0 Å². The minimum absolute atomic E-state index is 0.101. The molecule has 0 aromatic rings. The fraction of sp³-hybridized carbons (Fsp3) is 0.939. The molecule has 0 saturated carbocycles. The van der Waals surface area contributed by atoms with Crippen LogP contribution in [0.5, 0.6) is 0 Å². The molecule has 19 heteroatoms. The second kappa shape index (κ2) is 56.1. The van der Waals surface area contributed by atoms with Crippen LogP contribution in [0, 0.1) is 23.7 Å². The highest BCUT2D eigenvalue weighted by Crippen LogP contribution is 2.45. The van der Waals surface area contributed by atoms with Crippen LogP contribution >= 0.6 is 15.6 Å². The molecule has 0 radical (unpaired) electrons. The number of aliphatic hydroxyl groups excluding tert-OH is 1. The average molecular weight is 1260 g/mol. The number of phosphoric ester groups is 2. The summed E-state index contributed by atoms with van der Waals surface area (Å²) < 4.78 is 68.0. The molecule has 85 heavy (non-hydrogen) atoms. The molecule has 0 aliphatic rings. The molecule has 0 aliphatic heterocycles. The van der Waals surface area contributed by atoms with Gasteiger partial charge in [0.1, 0.15) is 19.3 Å². The van der Waals surface area contributed by atoms with Crippen molar-refractivity contribution in [2.45, 2.75) is 337 Å². The minimum Gasteiger partial charge on any atom is -0.462 e. The van der Waals surface area contributed by atoms with Crippen LogP contribution in [0.3, 0.4) is 0 Å². The van der Waals surface area contributed by atoms with Gasteiger partial charge in [-0.2, -0.15) is 0 Å². The Hall–Kier alpha value is -1.94. The number of aliphatic hydroxyl groups is 1. The Bertz CT molecular complexity index is 1700. The standard InChI is InChI=1S/C66H128O17P2/c1-9-59(8)45-37-29-23-25-33-41-49-66(71)83-62(53-77-64(69)47-39-31-24-22-28-36-44-58(6)7)55-81-85(74,75)79-51-60(67)50-78-84(72,73)80-54-61(82-65(70)48-40-32-21-17-19-27-35-43-57(4)5)52-76-63(68)46-38-30-20-16-14-12-10-11-13-15-18-26-34-42-56(2)3/h56-62,67H,9-55H2,1-8H3,(H,72,73)(H,74,75)/t59?,60-,61-,62-/m1/s1. The van der Waals surface area contributed by atoms with E-state index in [0.29, 0.717) is 37.5 Å². The Labute approximate surface area is 517 Å². The SMILES string of the molecule is CCC(C)CCCCCCCCC(=O)O[C@H](COC(=O)CCCCCCCCC(C)C)COP(=O)(O)OC[C@H](O)COP(=O)(O)OC[C@@H](COC(=O)CCCCCCCCCCCCCCCC(C)C)OC(=O)CCCCCCCCCC(C)C. The van der Waals surface area contributed by atoms with Gasteiger partial charge >= 0.3 is 39.5 Å². The van der Waals surface area contributed by atoms with Crippen LogP contribution < -0.4 is 0 Å². The van der Waals surface area contributed by atoms with E-state index < -0.39 is 97.5 Å². The van der Waals surface area contributed by atoms with Gasteiger partial charge in [-0.25, -0.2) is 9.13 Å². The lowest BCUT2D eigenvalue weighted by atomic mass is 10.00. The highest BCUT2D eigenvalue weighted by Gasteiger charge is 2.30. The van der Waals surface area contributed by atoms with E-state index in [2.05, 4.69) is 55.4 Å². The van der Waals surface area contributed by atoms with E-state index in [4.69, 9.17) is 37.0 Å². The van der Waals surface area contributed by atoms with Gasteiger partial charge in [-0.15, -0.1) is 0 Å². The molecule has 17 nitrogen and oxygen atoms in total. The van der Waals surface area contributed by atoms with Gasteiger partial charge in [-0.1, -0.05) is 267 Å². The van der Waals surface area contributed by atoms with E-state index in [1.54, 1.807) is 0 Å². The van der Waals surface area contributed by atoms with Crippen LogP contribution in [0.15, 0.2) is 0 Å². The first kappa shape index (κ1) is 83.1. The third kappa shape index (κ3) is 59.5. The van der Waals surface area contributed by atoms with Gasteiger partial charge in [-0.3, -0.25) is 37.3 Å².